The lowest BCUT2D eigenvalue weighted by Gasteiger charge is -2.05. The number of carbonyl (C=O) groups is 1. The third-order valence-corrected chi connectivity index (χ3v) is 2.61. The number of aromatic nitrogens is 3. The molecule has 0 spiro atoms. The molecule has 18 heavy (non-hydrogen) atoms. The van der Waals surface area contributed by atoms with E-state index in [0.717, 1.165) is 14.8 Å². The van der Waals surface area contributed by atoms with Gasteiger partial charge in [0.05, 0.1) is 5.69 Å². The summed E-state index contributed by atoms with van der Waals surface area (Å²) in [5.41, 5.74) is 6.27. The highest BCUT2D eigenvalue weighted by molar-refractivity contribution is 5.83. The summed E-state index contributed by atoms with van der Waals surface area (Å²) in [5, 5.41) is 12.7. The number of benzene rings is 1. The summed E-state index contributed by atoms with van der Waals surface area (Å²) in [6.07, 6.45) is 0. The smallest absolute Gasteiger partial charge is 0.374 e. The van der Waals surface area contributed by atoms with Crippen LogP contribution in [0.1, 0.15) is 16.2 Å². The van der Waals surface area contributed by atoms with Gasteiger partial charge in [-0.2, -0.15) is 4.68 Å². The highest BCUT2D eigenvalue weighted by atomic mass is 16.4. The van der Waals surface area contributed by atoms with Crippen molar-refractivity contribution in [2.75, 3.05) is 0 Å². The number of nitrogens with two attached hydrogens (primary N) is 1. The van der Waals surface area contributed by atoms with E-state index in [1.165, 1.54) is 7.05 Å². The van der Waals surface area contributed by atoms with Gasteiger partial charge in [-0.25, -0.2) is 9.59 Å². The Morgan fingerprint density at radius 3 is 2.67 bits per heavy atom. The van der Waals surface area contributed by atoms with Crippen molar-refractivity contribution in [3.8, 4) is 5.69 Å². The number of hydrogen-bond donors (Lipinski definition) is 2. The fourth-order valence-electron chi connectivity index (χ4n) is 1.67. The van der Waals surface area contributed by atoms with Crippen LogP contribution in [-0.4, -0.2) is 25.4 Å². The van der Waals surface area contributed by atoms with Crippen LogP contribution in [0.5, 0.6) is 0 Å². The second-order valence-electron chi connectivity index (χ2n) is 3.71. The van der Waals surface area contributed by atoms with E-state index in [1.807, 2.05) is 0 Å². The fourth-order valence-corrected chi connectivity index (χ4v) is 1.67. The summed E-state index contributed by atoms with van der Waals surface area (Å²) in [7, 11) is 1.36. The van der Waals surface area contributed by atoms with Gasteiger partial charge in [0.1, 0.15) is 0 Å². The molecule has 0 saturated carbocycles. The lowest BCUT2D eigenvalue weighted by molar-refractivity contribution is 0.0678. The third kappa shape index (κ3) is 1.80. The Bertz CT molecular complexity index is 657. The van der Waals surface area contributed by atoms with E-state index < -0.39 is 11.7 Å². The second kappa shape index (κ2) is 4.46. The summed E-state index contributed by atoms with van der Waals surface area (Å²) in [6.45, 7) is 0.238. The number of para-hydroxylation sites is 1. The molecule has 0 radical (unpaired) electrons. The Balaban J connectivity index is 2.69. The maximum Gasteiger partial charge on any atom is 0.374 e. The van der Waals surface area contributed by atoms with Crippen molar-refractivity contribution >= 4 is 5.97 Å². The first-order valence-corrected chi connectivity index (χ1v) is 5.24. The highest BCUT2D eigenvalue weighted by Crippen LogP contribution is 2.11. The van der Waals surface area contributed by atoms with E-state index in [1.54, 1.807) is 24.3 Å². The molecule has 1 aromatic heterocycles. The topological polar surface area (TPSA) is 103 Å². The van der Waals surface area contributed by atoms with Gasteiger partial charge in [-0.15, -0.1) is 5.10 Å². The summed E-state index contributed by atoms with van der Waals surface area (Å²) >= 11 is 0. The van der Waals surface area contributed by atoms with Crippen LogP contribution < -0.4 is 11.4 Å². The molecule has 0 unspecified atom stereocenters. The Morgan fingerprint density at radius 1 is 1.44 bits per heavy atom. The number of carboxylic acid groups (broad SMARTS) is 1. The van der Waals surface area contributed by atoms with Gasteiger partial charge in [0.15, 0.2) is 0 Å². The van der Waals surface area contributed by atoms with Crippen LogP contribution in [0.4, 0.5) is 0 Å². The minimum absolute atomic E-state index is 0.238. The van der Waals surface area contributed by atoms with Gasteiger partial charge < -0.3 is 10.8 Å². The first-order valence-electron chi connectivity index (χ1n) is 5.24. The zero-order chi connectivity index (χ0) is 13.3. The fraction of sp³-hybridized carbons (Fsp3) is 0.182. The van der Waals surface area contributed by atoms with Gasteiger partial charge in [0, 0.05) is 13.6 Å². The lowest BCUT2D eigenvalue weighted by atomic mass is 10.2. The highest BCUT2D eigenvalue weighted by Gasteiger charge is 2.18. The van der Waals surface area contributed by atoms with E-state index in [9.17, 15) is 9.59 Å². The molecule has 0 amide bonds. The van der Waals surface area contributed by atoms with Gasteiger partial charge in [0.25, 0.3) is 0 Å². The van der Waals surface area contributed by atoms with E-state index in [4.69, 9.17) is 10.8 Å². The Morgan fingerprint density at radius 2 is 2.11 bits per heavy atom. The normalized spacial score (nSPS) is 10.6. The number of nitrogens with zero attached hydrogens (tertiary/aromatic N) is 3. The summed E-state index contributed by atoms with van der Waals surface area (Å²) < 4.78 is 2.03. The van der Waals surface area contributed by atoms with Gasteiger partial charge in [-0.1, -0.05) is 18.2 Å². The number of rotatable bonds is 3. The van der Waals surface area contributed by atoms with Crippen molar-refractivity contribution in [2.24, 2.45) is 12.8 Å². The average molecular weight is 248 g/mol. The molecule has 1 heterocycles. The Labute approximate surface area is 102 Å². The second-order valence-corrected chi connectivity index (χ2v) is 3.71. The molecule has 1 aromatic carbocycles. The predicted molar refractivity (Wildman–Crippen MR) is 63.7 cm³/mol. The van der Waals surface area contributed by atoms with Crippen LogP contribution in [0.3, 0.4) is 0 Å². The molecule has 0 bridgehead atoms. The Hall–Kier alpha value is -2.41. The molecular formula is C11H12N4O3. The van der Waals surface area contributed by atoms with Gasteiger partial charge in [-0.05, 0) is 11.6 Å². The van der Waals surface area contributed by atoms with Crippen molar-refractivity contribution in [3.05, 3.63) is 46.1 Å². The van der Waals surface area contributed by atoms with Crippen LogP contribution in [0, 0.1) is 0 Å². The van der Waals surface area contributed by atoms with Crippen molar-refractivity contribution in [1.29, 1.82) is 0 Å². The van der Waals surface area contributed by atoms with Crippen LogP contribution in [-0.2, 0) is 13.6 Å². The SMILES string of the molecule is Cn1c(C(=O)O)nn(-c2ccccc2CN)c1=O. The molecule has 3 N–H and O–H groups in total. The largest absolute Gasteiger partial charge is 0.475 e. The first kappa shape index (κ1) is 12.1. The van der Waals surface area contributed by atoms with Crippen LogP contribution in [0.15, 0.2) is 29.1 Å². The molecule has 7 heteroatoms. The lowest BCUT2D eigenvalue weighted by Crippen LogP contribution is -2.23. The number of carboxylic acids is 1. The molecule has 0 aliphatic carbocycles. The van der Waals surface area contributed by atoms with Crippen molar-refractivity contribution in [1.82, 2.24) is 14.3 Å². The summed E-state index contributed by atoms with van der Waals surface area (Å²) in [6, 6.07) is 6.95. The predicted octanol–water partition coefficient (Wildman–Crippen LogP) is -0.272. The zero-order valence-electron chi connectivity index (χ0n) is 9.70. The molecule has 7 nitrogen and oxygen atoms in total. The molecule has 2 aromatic rings. The number of hydrogen-bond acceptors (Lipinski definition) is 4. The quantitative estimate of drug-likeness (QED) is 0.778. The molecule has 0 saturated heterocycles. The molecule has 0 aliphatic heterocycles. The van der Waals surface area contributed by atoms with Crippen molar-refractivity contribution in [3.63, 3.8) is 0 Å². The molecule has 0 aliphatic rings. The number of aromatic carboxylic acids is 1. The van der Waals surface area contributed by atoms with Crippen LogP contribution >= 0.6 is 0 Å². The molecular weight excluding hydrogens is 236 g/mol. The summed E-state index contributed by atoms with van der Waals surface area (Å²) in [5.74, 6) is -1.56. The van der Waals surface area contributed by atoms with Crippen molar-refractivity contribution < 1.29 is 9.90 Å². The van der Waals surface area contributed by atoms with E-state index in [2.05, 4.69) is 5.10 Å². The molecule has 0 atom stereocenters. The van der Waals surface area contributed by atoms with Crippen LogP contribution in [0.2, 0.25) is 0 Å². The maximum absolute atomic E-state index is 11.9. The van der Waals surface area contributed by atoms with Gasteiger partial charge in [-0.3, -0.25) is 4.57 Å². The van der Waals surface area contributed by atoms with E-state index in [-0.39, 0.29) is 12.4 Å². The van der Waals surface area contributed by atoms with E-state index in [0.29, 0.717) is 5.69 Å². The van der Waals surface area contributed by atoms with Crippen molar-refractivity contribution in [2.45, 2.75) is 6.54 Å². The minimum atomic E-state index is -1.25. The maximum atomic E-state index is 11.9. The monoisotopic (exact) mass is 248 g/mol. The third-order valence-electron chi connectivity index (χ3n) is 2.61. The standard InChI is InChI=1S/C11H12N4O3/c1-14-9(10(16)17)13-15(11(14)18)8-5-3-2-4-7(8)6-12/h2-5H,6,12H2,1H3,(H,16,17). The van der Waals surface area contributed by atoms with Crippen LogP contribution in [0.25, 0.3) is 5.69 Å². The molecule has 2 rings (SSSR count). The van der Waals surface area contributed by atoms with E-state index >= 15 is 0 Å². The Kier molecular flexibility index (Phi) is 2.99. The zero-order valence-corrected chi connectivity index (χ0v) is 9.70. The van der Waals surface area contributed by atoms with Gasteiger partial charge >= 0.3 is 11.7 Å². The minimum Gasteiger partial charge on any atom is -0.475 e. The molecule has 94 valence electrons. The van der Waals surface area contributed by atoms with Gasteiger partial charge in [0.2, 0.25) is 5.82 Å². The average Bonchev–Trinajstić information content (AvgIpc) is 2.66. The molecule has 0 fully saturated rings. The first-order chi connectivity index (χ1) is 8.56. The summed E-state index contributed by atoms with van der Waals surface area (Å²) in [4.78, 5) is 22.8.